The minimum Gasteiger partial charge on any atom is -0.494 e. The second-order valence-electron chi connectivity index (χ2n) is 7.24. The van der Waals surface area contributed by atoms with E-state index in [1.807, 2.05) is 24.3 Å². The molecule has 5 nitrogen and oxygen atoms in total. The Morgan fingerprint density at radius 2 is 2.15 bits per heavy atom. The van der Waals surface area contributed by atoms with Gasteiger partial charge >= 0.3 is 0 Å². The Labute approximate surface area is 156 Å². The average Bonchev–Trinajstić information content (AvgIpc) is 3.38. The zero-order chi connectivity index (χ0) is 18.6. The summed E-state index contributed by atoms with van der Waals surface area (Å²) in [4.78, 5) is 15.4. The number of para-hydroxylation sites is 1. The molecule has 0 aliphatic carbocycles. The summed E-state index contributed by atoms with van der Waals surface area (Å²) in [6.07, 6.45) is 1.99. The fourth-order valence-electron chi connectivity index (χ4n) is 4.51. The predicted octanol–water partition coefficient (Wildman–Crippen LogP) is 3.04. The van der Waals surface area contributed by atoms with E-state index in [1.54, 1.807) is 4.90 Å². The number of halogens is 1. The number of fused-ring (bicyclic) bond motifs is 4. The van der Waals surface area contributed by atoms with E-state index in [0.717, 1.165) is 30.7 Å². The highest BCUT2D eigenvalue weighted by Gasteiger charge is 2.57. The van der Waals surface area contributed by atoms with Crippen molar-refractivity contribution in [3.8, 4) is 11.5 Å². The molecule has 0 N–H and O–H groups in total. The average molecular weight is 369 g/mol. The zero-order valence-corrected chi connectivity index (χ0v) is 15.0. The first kappa shape index (κ1) is 16.6. The smallest absolute Gasteiger partial charge is 0.245 e. The number of carbonyl (C=O) groups is 1. The number of nitrogens with zero attached hydrogens (tertiary/aromatic N) is 1. The first-order chi connectivity index (χ1) is 13.1. The molecule has 6 heteroatoms. The maximum absolute atomic E-state index is 14.5. The van der Waals surface area contributed by atoms with Gasteiger partial charge in [-0.2, -0.15) is 0 Å². The van der Waals surface area contributed by atoms with Gasteiger partial charge < -0.3 is 19.1 Å². The first-order valence-corrected chi connectivity index (χ1v) is 9.19. The standard InChI is InChI=1S/C21H20FNO4/c1-25-19-10-18-15(9-16(19)22)21(12-27-18)14-6-2-3-7-17(14)23(20(21)24)11-13-5-4-8-26-13/h2-3,6-7,9-10,13H,4-5,8,11-12H2,1H3. The molecule has 1 amide bonds. The summed E-state index contributed by atoms with van der Waals surface area (Å²) < 4.78 is 31.1. The van der Waals surface area contributed by atoms with Crippen LogP contribution in [-0.4, -0.2) is 38.9 Å². The summed E-state index contributed by atoms with van der Waals surface area (Å²) in [5.74, 6) is 0.0302. The number of rotatable bonds is 3. The van der Waals surface area contributed by atoms with Gasteiger partial charge in [-0.25, -0.2) is 4.39 Å². The molecule has 3 heterocycles. The van der Waals surface area contributed by atoms with Crippen LogP contribution in [0.25, 0.3) is 0 Å². The Bertz CT molecular complexity index is 924. The Kier molecular flexibility index (Phi) is 3.65. The number of amides is 1. The van der Waals surface area contributed by atoms with Crippen LogP contribution in [-0.2, 0) is 14.9 Å². The lowest BCUT2D eigenvalue weighted by Crippen LogP contribution is -2.45. The second-order valence-corrected chi connectivity index (χ2v) is 7.24. The molecule has 5 rings (SSSR count). The van der Waals surface area contributed by atoms with Crippen molar-refractivity contribution in [1.29, 1.82) is 0 Å². The van der Waals surface area contributed by atoms with E-state index >= 15 is 0 Å². The molecule has 2 aromatic carbocycles. The van der Waals surface area contributed by atoms with Gasteiger partial charge in [-0.3, -0.25) is 4.79 Å². The second kappa shape index (κ2) is 5.96. The molecule has 1 spiro atoms. The van der Waals surface area contributed by atoms with E-state index in [4.69, 9.17) is 14.2 Å². The van der Waals surface area contributed by atoms with E-state index in [2.05, 4.69) is 0 Å². The van der Waals surface area contributed by atoms with Gasteiger partial charge in [-0.1, -0.05) is 18.2 Å². The van der Waals surface area contributed by atoms with E-state index in [9.17, 15) is 9.18 Å². The van der Waals surface area contributed by atoms with Crippen molar-refractivity contribution in [2.24, 2.45) is 0 Å². The van der Waals surface area contributed by atoms with Crippen molar-refractivity contribution >= 4 is 11.6 Å². The van der Waals surface area contributed by atoms with Crippen LogP contribution in [0.15, 0.2) is 36.4 Å². The molecule has 3 aliphatic rings. The van der Waals surface area contributed by atoms with Crippen LogP contribution in [0.3, 0.4) is 0 Å². The molecule has 1 fully saturated rings. The zero-order valence-electron chi connectivity index (χ0n) is 15.0. The van der Waals surface area contributed by atoms with E-state index in [1.165, 1.54) is 19.2 Å². The first-order valence-electron chi connectivity index (χ1n) is 9.19. The number of benzene rings is 2. The van der Waals surface area contributed by atoms with Crippen LogP contribution in [0.2, 0.25) is 0 Å². The van der Waals surface area contributed by atoms with Crippen LogP contribution < -0.4 is 14.4 Å². The lowest BCUT2D eigenvalue weighted by Gasteiger charge is -2.24. The van der Waals surface area contributed by atoms with E-state index in [-0.39, 0.29) is 24.4 Å². The molecule has 0 aromatic heterocycles. The molecule has 1 saturated heterocycles. The van der Waals surface area contributed by atoms with Crippen molar-refractivity contribution in [1.82, 2.24) is 0 Å². The molecule has 3 aliphatic heterocycles. The summed E-state index contributed by atoms with van der Waals surface area (Å²) in [6, 6.07) is 10.6. The number of hydrogen-bond donors (Lipinski definition) is 0. The van der Waals surface area contributed by atoms with Gasteiger partial charge in [0.05, 0.1) is 19.8 Å². The van der Waals surface area contributed by atoms with Gasteiger partial charge in [0.15, 0.2) is 11.6 Å². The Morgan fingerprint density at radius 3 is 2.93 bits per heavy atom. The summed E-state index contributed by atoms with van der Waals surface area (Å²) in [7, 11) is 1.41. The third-order valence-electron chi connectivity index (χ3n) is 5.83. The molecule has 2 aromatic rings. The number of hydrogen-bond acceptors (Lipinski definition) is 4. The van der Waals surface area contributed by atoms with Crippen LogP contribution >= 0.6 is 0 Å². The molecule has 0 bridgehead atoms. The number of methoxy groups -OCH3 is 1. The molecule has 140 valence electrons. The van der Waals surface area contributed by atoms with Gasteiger partial charge in [0.25, 0.3) is 0 Å². The van der Waals surface area contributed by atoms with Gasteiger partial charge in [-0.05, 0) is 30.5 Å². The summed E-state index contributed by atoms with van der Waals surface area (Å²) >= 11 is 0. The monoisotopic (exact) mass is 369 g/mol. The Morgan fingerprint density at radius 1 is 1.30 bits per heavy atom. The molecule has 2 unspecified atom stereocenters. The van der Waals surface area contributed by atoms with Gasteiger partial charge in [0.1, 0.15) is 17.8 Å². The minimum atomic E-state index is -1.02. The van der Waals surface area contributed by atoms with Crippen molar-refractivity contribution in [3.63, 3.8) is 0 Å². The third kappa shape index (κ3) is 2.22. The van der Waals surface area contributed by atoms with Crippen molar-refractivity contribution in [2.45, 2.75) is 24.4 Å². The quantitative estimate of drug-likeness (QED) is 0.834. The number of anilines is 1. The van der Waals surface area contributed by atoms with Crippen LogP contribution in [0, 0.1) is 5.82 Å². The maximum atomic E-state index is 14.5. The van der Waals surface area contributed by atoms with Crippen LogP contribution in [0.1, 0.15) is 24.0 Å². The molecule has 27 heavy (non-hydrogen) atoms. The fourth-order valence-corrected chi connectivity index (χ4v) is 4.51. The molecular formula is C21H20FNO4. The maximum Gasteiger partial charge on any atom is 0.245 e. The SMILES string of the molecule is COc1cc2c(cc1F)C1(CO2)C(=O)N(CC2CCCO2)c2ccccc21. The Hall–Kier alpha value is -2.60. The lowest BCUT2D eigenvalue weighted by molar-refractivity contribution is -0.122. The van der Waals surface area contributed by atoms with Crippen LogP contribution in [0.5, 0.6) is 11.5 Å². The molecule has 0 radical (unpaired) electrons. The summed E-state index contributed by atoms with van der Waals surface area (Å²) in [6.45, 7) is 1.40. The number of ether oxygens (including phenoxy) is 3. The van der Waals surface area contributed by atoms with Crippen molar-refractivity contribution < 1.29 is 23.4 Å². The topological polar surface area (TPSA) is 48.0 Å². The summed E-state index contributed by atoms with van der Waals surface area (Å²) in [5, 5.41) is 0. The van der Waals surface area contributed by atoms with Crippen molar-refractivity contribution in [2.75, 3.05) is 31.8 Å². The van der Waals surface area contributed by atoms with Gasteiger partial charge in [0, 0.05) is 23.9 Å². The molecular weight excluding hydrogens is 349 g/mol. The highest BCUT2D eigenvalue weighted by atomic mass is 19.1. The van der Waals surface area contributed by atoms with Gasteiger partial charge in [-0.15, -0.1) is 0 Å². The Balaban J connectivity index is 1.64. The van der Waals surface area contributed by atoms with Crippen molar-refractivity contribution in [3.05, 3.63) is 53.3 Å². The normalized spacial score (nSPS) is 25.6. The summed E-state index contributed by atoms with van der Waals surface area (Å²) in [5.41, 5.74) is 1.26. The van der Waals surface area contributed by atoms with Crippen LogP contribution in [0.4, 0.5) is 10.1 Å². The van der Waals surface area contributed by atoms with Gasteiger partial charge in [0.2, 0.25) is 5.91 Å². The highest BCUT2D eigenvalue weighted by Crippen LogP contribution is 2.53. The lowest BCUT2D eigenvalue weighted by atomic mass is 9.77. The largest absolute Gasteiger partial charge is 0.494 e. The molecule has 2 atom stereocenters. The minimum absolute atomic E-state index is 0.0338. The number of carbonyl (C=O) groups excluding carboxylic acids is 1. The molecule has 0 saturated carbocycles. The highest BCUT2D eigenvalue weighted by molar-refractivity contribution is 6.11. The van der Waals surface area contributed by atoms with E-state index < -0.39 is 11.2 Å². The third-order valence-corrected chi connectivity index (χ3v) is 5.83. The predicted molar refractivity (Wildman–Crippen MR) is 97.0 cm³/mol. The van der Waals surface area contributed by atoms with E-state index in [0.29, 0.717) is 17.9 Å². The fraction of sp³-hybridized carbons (Fsp3) is 0.381.